The lowest BCUT2D eigenvalue weighted by Gasteiger charge is -2.37. The summed E-state index contributed by atoms with van der Waals surface area (Å²) in [4.78, 5) is 17.3. The Labute approximate surface area is 179 Å². The van der Waals surface area contributed by atoms with Crippen LogP contribution in [0, 0.1) is 0 Å². The first kappa shape index (κ1) is 20.9. The highest BCUT2D eigenvalue weighted by Gasteiger charge is 2.26. The number of fused-ring (bicyclic) bond motifs is 1. The highest BCUT2D eigenvalue weighted by molar-refractivity contribution is 5.78. The number of hydrogen-bond acceptors (Lipinski definition) is 4. The first-order valence-corrected chi connectivity index (χ1v) is 10.9. The van der Waals surface area contributed by atoms with Crippen LogP contribution in [0.25, 0.3) is 0 Å². The number of morpholine rings is 1. The van der Waals surface area contributed by atoms with Crippen molar-refractivity contribution in [3.63, 3.8) is 0 Å². The maximum atomic E-state index is 13.0. The van der Waals surface area contributed by atoms with Gasteiger partial charge in [-0.25, -0.2) is 0 Å². The average Bonchev–Trinajstić information content (AvgIpc) is 3.26. The smallest absolute Gasteiger partial charge is 0.226 e. The number of carbonyl (C=O) groups excluding carboxylic acids is 1. The SMILES string of the molecule is COc1ccc([C@H](CN(C)C(=O)Cc2ccc3c(c2)CCC3)N2CCOCC2)cc1. The van der Waals surface area contributed by atoms with Crippen molar-refractivity contribution in [2.45, 2.75) is 31.7 Å². The Morgan fingerprint density at radius 1 is 1.10 bits per heavy atom. The number of ether oxygens (including phenoxy) is 2. The van der Waals surface area contributed by atoms with Crippen LogP contribution < -0.4 is 4.74 Å². The minimum absolute atomic E-state index is 0.147. The molecule has 2 aliphatic rings. The highest BCUT2D eigenvalue weighted by Crippen LogP contribution is 2.26. The summed E-state index contributed by atoms with van der Waals surface area (Å²) in [6.07, 6.45) is 4.01. The van der Waals surface area contributed by atoms with Crippen LogP contribution >= 0.6 is 0 Å². The molecule has 1 amide bonds. The predicted molar refractivity (Wildman–Crippen MR) is 118 cm³/mol. The molecule has 0 N–H and O–H groups in total. The average molecular weight is 409 g/mol. The van der Waals surface area contributed by atoms with Crippen molar-refractivity contribution in [2.75, 3.05) is 47.0 Å². The van der Waals surface area contributed by atoms with Gasteiger partial charge in [-0.3, -0.25) is 9.69 Å². The first-order chi connectivity index (χ1) is 14.6. The Morgan fingerprint density at radius 2 is 1.83 bits per heavy atom. The molecule has 30 heavy (non-hydrogen) atoms. The molecule has 1 aliphatic heterocycles. The van der Waals surface area contributed by atoms with E-state index < -0.39 is 0 Å². The monoisotopic (exact) mass is 408 g/mol. The number of methoxy groups -OCH3 is 1. The zero-order valence-corrected chi connectivity index (χ0v) is 18.1. The maximum absolute atomic E-state index is 13.0. The summed E-state index contributed by atoms with van der Waals surface area (Å²) in [6, 6.07) is 14.9. The molecule has 0 spiro atoms. The van der Waals surface area contributed by atoms with E-state index in [1.807, 2.05) is 24.1 Å². The summed E-state index contributed by atoms with van der Waals surface area (Å²) in [5.74, 6) is 1.01. The lowest BCUT2D eigenvalue weighted by Crippen LogP contribution is -2.44. The van der Waals surface area contributed by atoms with Crippen LogP contribution in [0.3, 0.4) is 0 Å². The number of benzene rings is 2. The molecule has 0 aromatic heterocycles. The third-order valence-electron chi connectivity index (χ3n) is 6.38. The highest BCUT2D eigenvalue weighted by atomic mass is 16.5. The van der Waals surface area contributed by atoms with E-state index in [0.717, 1.165) is 44.0 Å². The van der Waals surface area contributed by atoms with E-state index in [9.17, 15) is 4.79 Å². The summed E-state index contributed by atoms with van der Waals surface area (Å²) in [5.41, 5.74) is 5.20. The van der Waals surface area contributed by atoms with Crippen molar-refractivity contribution < 1.29 is 14.3 Å². The third kappa shape index (κ3) is 4.85. The fourth-order valence-corrected chi connectivity index (χ4v) is 4.55. The van der Waals surface area contributed by atoms with Gasteiger partial charge in [-0.1, -0.05) is 30.3 Å². The zero-order valence-electron chi connectivity index (χ0n) is 18.1. The van der Waals surface area contributed by atoms with Crippen LogP contribution in [0.1, 0.15) is 34.7 Å². The van der Waals surface area contributed by atoms with Crippen LogP contribution in [0.2, 0.25) is 0 Å². The lowest BCUT2D eigenvalue weighted by molar-refractivity contribution is -0.130. The van der Waals surface area contributed by atoms with E-state index in [0.29, 0.717) is 13.0 Å². The largest absolute Gasteiger partial charge is 0.497 e. The molecule has 1 atom stereocenters. The second-order valence-electron chi connectivity index (χ2n) is 8.34. The van der Waals surface area contributed by atoms with Gasteiger partial charge in [-0.2, -0.15) is 0 Å². The molecule has 1 aliphatic carbocycles. The Hall–Kier alpha value is -2.37. The van der Waals surface area contributed by atoms with E-state index in [4.69, 9.17) is 9.47 Å². The molecule has 1 saturated heterocycles. The van der Waals surface area contributed by atoms with Crippen molar-refractivity contribution in [1.29, 1.82) is 0 Å². The molecule has 5 nitrogen and oxygen atoms in total. The number of aryl methyl sites for hydroxylation is 2. The van der Waals surface area contributed by atoms with E-state index >= 15 is 0 Å². The molecule has 0 unspecified atom stereocenters. The minimum Gasteiger partial charge on any atom is -0.497 e. The number of likely N-dealkylation sites (N-methyl/N-ethyl adjacent to an activating group) is 1. The summed E-state index contributed by atoms with van der Waals surface area (Å²) in [5, 5.41) is 0. The van der Waals surface area contributed by atoms with Gasteiger partial charge in [0.15, 0.2) is 0 Å². The van der Waals surface area contributed by atoms with Gasteiger partial charge in [0.2, 0.25) is 5.91 Å². The minimum atomic E-state index is 0.147. The summed E-state index contributed by atoms with van der Waals surface area (Å²) >= 11 is 0. The molecule has 5 heteroatoms. The van der Waals surface area contributed by atoms with Gasteiger partial charge in [0.25, 0.3) is 0 Å². The summed E-state index contributed by atoms with van der Waals surface area (Å²) in [7, 11) is 3.60. The molecule has 160 valence electrons. The molecule has 4 rings (SSSR count). The van der Waals surface area contributed by atoms with E-state index in [1.54, 1.807) is 7.11 Å². The number of amides is 1. The Balaban J connectivity index is 1.45. The predicted octanol–water partition coefficient (Wildman–Crippen LogP) is 3.26. The number of carbonyl (C=O) groups is 1. The van der Waals surface area contributed by atoms with Crippen molar-refractivity contribution >= 4 is 5.91 Å². The second kappa shape index (κ2) is 9.63. The fraction of sp³-hybridized carbons (Fsp3) is 0.480. The van der Waals surface area contributed by atoms with Gasteiger partial charge in [0.05, 0.1) is 32.8 Å². The Kier molecular flexibility index (Phi) is 6.70. The van der Waals surface area contributed by atoms with Gasteiger partial charge in [-0.15, -0.1) is 0 Å². The fourth-order valence-electron chi connectivity index (χ4n) is 4.55. The van der Waals surface area contributed by atoms with Crippen molar-refractivity contribution in [3.05, 3.63) is 64.7 Å². The quantitative estimate of drug-likeness (QED) is 0.705. The van der Waals surface area contributed by atoms with Crippen LogP contribution in [-0.4, -0.2) is 62.7 Å². The number of rotatable bonds is 7. The Bertz CT molecular complexity index is 859. The van der Waals surface area contributed by atoms with E-state index in [-0.39, 0.29) is 11.9 Å². The molecular formula is C25H32N2O3. The van der Waals surface area contributed by atoms with Crippen LogP contribution in [0.5, 0.6) is 5.75 Å². The van der Waals surface area contributed by atoms with Crippen molar-refractivity contribution in [2.24, 2.45) is 0 Å². The van der Waals surface area contributed by atoms with Gasteiger partial charge in [-0.05, 0) is 53.6 Å². The second-order valence-corrected chi connectivity index (χ2v) is 8.34. The standard InChI is InChI=1S/C25H32N2O3/c1-26(25(28)17-19-6-7-20-4-3-5-22(20)16-19)18-24(27-12-14-30-15-13-27)21-8-10-23(29-2)11-9-21/h6-11,16,24H,3-5,12-15,17-18H2,1-2H3/t24-/m0/s1. The Morgan fingerprint density at radius 3 is 2.57 bits per heavy atom. The molecular weight excluding hydrogens is 376 g/mol. The normalized spacial score (nSPS) is 17.4. The molecule has 0 saturated carbocycles. The van der Waals surface area contributed by atoms with E-state index in [2.05, 4.69) is 35.2 Å². The topological polar surface area (TPSA) is 42.0 Å². The number of hydrogen-bond donors (Lipinski definition) is 0. The third-order valence-corrected chi connectivity index (χ3v) is 6.38. The van der Waals surface area contributed by atoms with Crippen LogP contribution in [0.15, 0.2) is 42.5 Å². The molecule has 0 bridgehead atoms. The lowest BCUT2D eigenvalue weighted by atomic mass is 10.0. The molecule has 1 fully saturated rings. The van der Waals surface area contributed by atoms with Gasteiger partial charge < -0.3 is 14.4 Å². The maximum Gasteiger partial charge on any atom is 0.226 e. The number of nitrogens with zero attached hydrogens (tertiary/aromatic N) is 2. The molecule has 0 radical (unpaired) electrons. The first-order valence-electron chi connectivity index (χ1n) is 10.9. The zero-order chi connectivity index (χ0) is 20.9. The van der Waals surface area contributed by atoms with Crippen molar-refractivity contribution in [1.82, 2.24) is 9.80 Å². The molecule has 2 aromatic carbocycles. The van der Waals surface area contributed by atoms with Crippen LogP contribution in [0.4, 0.5) is 0 Å². The molecule has 2 aromatic rings. The summed E-state index contributed by atoms with van der Waals surface area (Å²) in [6.45, 7) is 3.89. The van der Waals surface area contributed by atoms with E-state index in [1.165, 1.54) is 29.5 Å². The van der Waals surface area contributed by atoms with Gasteiger partial charge in [0.1, 0.15) is 5.75 Å². The van der Waals surface area contributed by atoms with Crippen LogP contribution in [-0.2, 0) is 28.8 Å². The summed E-state index contributed by atoms with van der Waals surface area (Å²) < 4.78 is 10.9. The molecule has 1 heterocycles. The van der Waals surface area contributed by atoms with Crippen molar-refractivity contribution in [3.8, 4) is 5.75 Å². The van der Waals surface area contributed by atoms with Gasteiger partial charge >= 0.3 is 0 Å². The van der Waals surface area contributed by atoms with Gasteiger partial charge in [0, 0.05) is 26.7 Å².